The van der Waals surface area contributed by atoms with Crippen LogP contribution in [-0.4, -0.2) is 0 Å². The highest BCUT2D eigenvalue weighted by molar-refractivity contribution is 5.48. The average Bonchev–Trinajstić information content (AvgIpc) is 2.06. The third-order valence-corrected chi connectivity index (χ3v) is 2.10. The molecule has 0 radical (unpaired) electrons. The Balaban J connectivity index is 3.38. The largest absolute Gasteiger partial charge is 0.419 e. The lowest BCUT2D eigenvalue weighted by Crippen LogP contribution is -2.11. The molecule has 0 fully saturated rings. The molecule has 0 saturated carbocycles. The molecule has 0 aliphatic heterocycles. The zero-order chi connectivity index (χ0) is 11.8. The Morgan fingerprint density at radius 3 is 2.13 bits per heavy atom. The number of halogens is 4. The molecule has 1 rings (SSSR count). The van der Waals surface area contributed by atoms with Gasteiger partial charge in [0, 0.05) is 0 Å². The molecule has 0 aliphatic rings. The quantitative estimate of drug-likeness (QED) is 0.569. The first-order valence-corrected chi connectivity index (χ1v) is 4.39. The summed E-state index contributed by atoms with van der Waals surface area (Å²) in [5.74, 6) is -1.53. The third-order valence-electron chi connectivity index (χ3n) is 2.10. The van der Waals surface area contributed by atoms with Crippen molar-refractivity contribution in [3.8, 4) is 0 Å². The van der Waals surface area contributed by atoms with E-state index in [1.165, 1.54) is 6.07 Å². The summed E-state index contributed by atoms with van der Waals surface area (Å²) in [6.45, 7) is 3.43. The summed E-state index contributed by atoms with van der Waals surface area (Å²) >= 11 is 0. The molecule has 0 spiro atoms. The van der Waals surface area contributed by atoms with Crippen LogP contribution in [0, 0.1) is 5.82 Å². The van der Waals surface area contributed by atoms with Crippen LogP contribution in [0.1, 0.15) is 30.9 Å². The molecule has 0 aliphatic carbocycles. The molecule has 0 heterocycles. The molecule has 0 aromatic heterocycles. The van der Waals surface area contributed by atoms with Gasteiger partial charge in [-0.1, -0.05) is 13.8 Å². The highest BCUT2D eigenvalue weighted by Gasteiger charge is 2.35. The molecule has 1 nitrogen and oxygen atoms in total. The van der Waals surface area contributed by atoms with Gasteiger partial charge in [-0.15, -0.1) is 0 Å². The molecule has 0 unspecified atom stereocenters. The van der Waals surface area contributed by atoms with Gasteiger partial charge in [0.2, 0.25) is 0 Å². The maximum Gasteiger partial charge on any atom is 0.419 e. The van der Waals surface area contributed by atoms with Crippen LogP contribution in [0.4, 0.5) is 23.2 Å². The molecule has 15 heavy (non-hydrogen) atoms. The number of anilines is 1. The lowest BCUT2D eigenvalue weighted by molar-refractivity contribution is -0.139. The smallest absolute Gasteiger partial charge is 0.396 e. The van der Waals surface area contributed by atoms with Crippen LogP contribution in [0.15, 0.2) is 12.1 Å². The van der Waals surface area contributed by atoms with Crippen LogP contribution in [0.2, 0.25) is 0 Å². The van der Waals surface area contributed by atoms with E-state index >= 15 is 0 Å². The van der Waals surface area contributed by atoms with E-state index in [9.17, 15) is 17.6 Å². The monoisotopic (exact) mass is 221 g/mol. The topological polar surface area (TPSA) is 26.0 Å². The molecule has 1 aromatic carbocycles. The van der Waals surface area contributed by atoms with Crippen molar-refractivity contribution in [1.82, 2.24) is 0 Å². The van der Waals surface area contributed by atoms with Crippen molar-refractivity contribution in [3.63, 3.8) is 0 Å². The van der Waals surface area contributed by atoms with E-state index in [0.29, 0.717) is 5.56 Å². The van der Waals surface area contributed by atoms with Crippen LogP contribution in [0.5, 0.6) is 0 Å². The molecular formula is C10H11F4N. The van der Waals surface area contributed by atoms with Crippen LogP contribution in [-0.2, 0) is 6.18 Å². The number of nitrogens with two attached hydrogens (primary N) is 1. The Bertz CT molecular complexity index is 368. The maximum absolute atomic E-state index is 13.1. The van der Waals surface area contributed by atoms with E-state index in [0.717, 1.165) is 6.07 Å². The van der Waals surface area contributed by atoms with E-state index in [2.05, 4.69) is 0 Å². The maximum atomic E-state index is 13.1. The number of alkyl halides is 3. The van der Waals surface area contributed by atoms with Gasteiger partial charge in [0.15, 0.2) is 5.82 Å². The summed E-state index contributed by atoms with van der Waals surface area (Å²) in [4.78, 5) is 0. The Morgan fingerprint density at radius 2 is 1.73 bits per heavy atom. The van der Waals surface area contributed by atoms with Crippen molar-refractivity contribution in [1.29, 1.82) is 0 Å². The molecule has 5 heteroatoms. The highest BCUT2D eigenvalue weighted by atomic mass is 19.4. The van der Waals surface area contributed by atoms with E-state index < -0.39 is 23.2 Å². The average molecular weight is 221 g/mol. The van der Waals surface area contributed by atoms with Gasteiger partial charge in [0.05, 0.1) is 11.3 Å². The fraction of sp³-hybridized carbons (Fsp3) is 0.400. The van der Waals surface area contributed by atoms with Crippen LogP contribution in [0.25, 0.3) is 0 Å². The van der Waals surface area contributed by atoms with E-state index in [4.69, 9.17) is 5.73 Å². The minimum atomic E-state index is -4.71. The molecule has 1 aromatic rings. The van der Waals surface area contributed by atoms with Crippen molar-refractivity contribution in [2.24, 2.45) is 0 Å². The SMILES string of the molecule is CC(C)c1cc(N)c(F)c(C(F)(F)F)c1. The van der Waals surface area contributed by atoms with Crippen molar-refractivity contribution >= 4 is 5.69 Å². The highest BCUT2D eigenvalue weighted by Crippen LogP contribution is 2.35. The van der Waals surface area contributed by atoms with Gasteiger partial charge in [0.25, 0.3) is 0 Å². The molecule has 0 saturated heterocycles. The molecule has 0 amide bonds. The molecular weight excluding hydrogens is 210 g/mol. The van der Waals surface area contributed by atoms with Crippen LogP contribution in [0.3, 0.4) is 0 Å². The summed E-state index contributed by atoms with van der Waals surface area (Å²) in [5.41, 5.74) is 3.79. The van der Waals surface area contributed by atoms with Gasteiger partial charge in [0.1, 0.15) is 0 Å². The van der Waals surface area contributed by atoms with Gasteiger partial charge in [-0.05, 0) is 23.6 Å². The second kappa shape index (κ2) is 3.72. The lowest BCUT2D eigenvalue weighted by atomic mass is 9.99. The van der Waals surface area contributed by atoms with Crippen molar-refractivity contribution in [2.45, 2.75) is 25.9 Å². The Labute approximate surface area is 84.9 Å². The summed E-state index contributed by atoms with van der Waals surface area (Å²) in [6.07, 6.45) is -4.71. The zero-order valence-corrected chi connectivity index (χ0v) is 8.32. The number of benzene rings is 1. The van der Waals surface area contributed by atoms with Gasteiger partial charge in [-0.3, -0.25) is 0 Å². The predicted molar refractivity (Wildman–Crippen MR) is 49.9 cm³/mol. The van der Waals surface area contributed by atoms with Crippen molar-refractivity contribution < 1.29 is 17.6 Å². The predicted octanol–water partition coefficient (Wildman–Crippen LogP) is 3.55. The Hall–Kier alpha value is -1.26. The lowest BCUT2D eigenvalue weighted by Gasteiger charge is -2.13. The first-order valence-electron chi connectivity index (χ1n) is 4.39. The third kappa shape index (κ3) is 2.40. The Kier molecular flexibility index (Phi) is 2.93. The van der Waals surface area contributed by atoms with Crippen LogP contribution < -0.4 is 5.73 Å². The summed E-state index contributed by atoms with van der Waals surface area (Å²) < 4.78 is 50.2. The normalized spacial score (nSPS) is 12.2. The Morgan fingerprint density at radius 1 is 1.20 bits per heavy atom. The number of hydrogen-bond acceptors (Lipinski definition) is 1. The van der Waals surface area contributed by atoms with E-state index in [1.807, 2.05) is 0 Å². The van der Waals surface area contributed by atoms with Gasteiger partial charge < -0.3 is 5.73 Å². The second-order valence-corrected chi connectivity index (χ2v) is 3.62. The number of nitrogen functional groups attached to an aromatic ring is 1. The minimum absolute atomic E-state index is 0.131. The zero-order valence-electron chi connectivity index (χ0n) is 8.32. The first kappa shape index (κ1) is 11.8. The summed E-state index contributed by atoms with van der Waals surface area (Å²) in [5, 5.41) is 0. The van der Waals surface area contributed by atoms with Gasteiger partial charge in [-0.25, -0.2) is 4.39 Å². The molecule has 0 bridgehead atoms. The standard InChI is InChI=1S/C10H11F4N/c1-5(2)6-3-7(10(12,13)14)9(11)8(15)4-6/h3-5H,15H2,1-2H3. The van der Waals surface area contributed by atoms with Crippen molar-refractivity contribution in [2.75, 3.05) is 5.73 Å². The van der Waals surface area contributed by atoms with E-state index in [1.54, 1.807) is 13.8 Å². The molecule has 84 valence electrons. The minimum Gasteiger partial charge on any atom is -0.396 e. The number of hydrogen-bond donors (Lipinski definition) is 1. The number of rotatable bonds is 1. The fourth-order valence-electron chi connectivity index (χ4n) is 1.21. The molecule has 2 N–H and O–H groups in total. The summed E-state index contributed by atoms with van der Waals surface area (Å²) in [6, 6.07) is 2.03. The summed E-state index contributed by atoms with van der Waals surface area (Å²) in [7, 11) is 0. The van der Waals surface area contributed by atoms with Crippen LogP contribution >= 0.6 is 0 Å². The van der Waals surface area contributed by atoms with Crippen molar-refractivity contribution in [3.05, 3.63) is 29.1 Å². The first-order chi connectivity index (χ1) is 6.73. The molecule has 0 atom stereocenters. The fourth-order valence-corrected chi connectivity index (χ4v) is 1.21. The van der Waals surface area contributed by atoms with E-state index in [-0.39, 0.29) is 5.92 Å². The van der Waals surface area contributed by atoms with Gasteiger partial charge in [-0.2, -0.15) is 13.2 Å². The second-order valence-electron chi connectivity index (χ2n) is 3.62. The van der Waals surface area contributed by atoms with Gasteiger partial charge >= 0.3 is 6.18 Å².